The average Bonchev–Trinajstić information content (AvgIpc) is 3.19. The van der Waals surface area contributed by atoms with Gasteiger partial charge in [0.2, 0.25) is 15.9 Å². The molecule has 3 aromatic rings. The van der Waals surface area contributed by atoms with Gasteiger partial charge in [-0.15, -0.1) is 0 Å². The molecule has 9 nitrogen and oxygen atoms in total. The number of carbonyl (C=O) groups excluding carboxylic acids is 1. The summed E-state index contributed by atoms with van der Waals surface area (Å²) < 4.78 is 66.6. The topological polar surface area (TPSA) is 108 Å². The van der Waals surface area contributed by atoms with Crippen molar-refractivity contribution in [1.82, 2.24) is 23.7 Å². The Kier molecular flexibility index (Phi) is 5.54. The molecule has 1 aliphatic rings. The maximum absolute atomic E-state index is 13.0. The van der Waals surface area contributed by atoms with Crippen LogP contribution in [0, 0.1) is 0 Å². The highest BCUT2D eigenvalue weighted by molar-refractivity contribution is 7.89. The van der Waals surface area contributed by atoms with Crippen LogP contribution in [0.15, 0.2) is 52.5 Å². The summed E-state index contributed by atoms with van der Waals surface area (Å²) in [6.07, 6.45) is -1.14. The molecule has 0 radical (unpaired) electrons. The number of sulfonamides is 1. The number of rotatable bonds is 4. The summed E-state index contributed by atoms with van der Waals surface area (Å²) in [5.41, 5.74) is -1.33. The molecule has 1 N–H and O–H groups in total. The summed E-state index contributed by atoms with van der Waals surface area (Å²) in [5.74, 6) is -0.570. The van der Waals surface area contributed by atoms with Gasteiger partial charge in [-0.2, -0.15) is 17.5 Å². The predicted molar refractivity (Wildman–Crippen MR) is 107 cm³/mol. The number of fused-ring (bicyclic) bond motifs is 1. The molecular formula is C19H18F3N5O4S. The van der Waals surface area contributed by atoms with E-state index in [4.69, 9.17) is 0 Å². The SMILES string of the molecule is O=C(Cn1cc(C(F)(F)F)ccc1=O)N1CCN(S(=O)(=O)c2c[nH]c3ncccc23)CC1. The number of nitrogens with one attached hydrogen (secondary N) is 1. The van der Waals surface area contributed by atoms with Gasteiger partial charge in [0.15, 0.2) is 0 Å². The molecule has 0 bridgehead atoms. The van der Waals surface area contributed by atoms with Crippen molar-refractivity contribution in [2.45, 2.75) is 17.6 Å². The summed E-state index contributed by atoms with van der Waals surface area (Å²) in [4.78, 5) is 32.7. The van der Waals surface area contributed by atoms with Gasteiger partial charge in [0, 0.05) is 56.2 Å². The van der Waals surface area contributed by atoms with E-state index in [0.29, 0.717) is 27.9 Å². The Bertz CT molecular complexity index is 1320. The monoisotopic (exact) mass is 469 g/mol. The second-order valence-electron chi connectivity index (χ2n) is 7.22. The van der Waals surface area contributed by atoms with Crippen molar-refractivity contribution in [1.29, 1.82) is 0 Å². The fraction of sp³-hybridized carbons (Fsp3) is 0.316. The number of aromatic nitrogens is 3. The van der Waals surface area contributed by atoms with Crippen LogP contribution in [-0.4, -0.2) is 64.2 Å². The third kappa shape index (κ3) is 4.12. The van der Waals surface area contributed by atoms with E-state index in [-0.39, 0.29) is 31.1 Å². The van der Waals surface area contributed by atoms with Crippen LogP contribution in [0.3, 0.4) is 0 Å². The van der Waals surface area contributed by atoms with E-state index in [1.54, 1.807) is 12.1 Å². The van der Waals surface area contributed by atoms with Gasteiger partial charge in [0.1, 0.15) is 17.1 Å². The lowest BCUT2D eigenvalue weighted by Gasteiger charge is -2.34. The summed E-state index contributed by atoms with van der Waals surface area (Å²) in [7, 11) is -3.84. The zero-order chi connectivity index (χ0) is 23.1. The molecule has 0 atom stereocenters. The van der Waals surface area contributed by atoms with Crippen LogP contribution in [0.1, 0.15) is 5.56 Å². The number of piperazine rings is 1. The molecule has 1 fully saturated rings. The Morgan fingerprint density at radius 3 is 2.53 bits per heavy atom. The molecule has 0 aliphatic carbocycles. The third-order valence-electron chi connectivity index (χ3n) is 5.24. The first-order valence-electron chi connectivity index (χ1n) is 9.55. The quantitative estimate of drug-likeness (QED) is 0.619. The van der Waals surface area contributed by atoms with Crippen molar-refractivity contribution in [2.75, 3.05) is 26.2 Å². The van der Waals surface area contributed by atoms with Crippen molar-refractivity contribution < 1.29 is 26.4 Å². The maximum atomic E-state index is 13.0. The van der Waals surface area contributed by atoms with Crippen LogP contribution < -0.4 is 5.56 Å². The molecule has 1 aliphatic heterocycles. The van der Waals surface area contributed by atoms with Crippen LogP contribution >= 0.6 is 0 Å². The minimum absolute atomic E-state index is 0.0124. The Hall–Kier alpha value is -3.19. The second-order valence-corrected chi connectivity index (χ2v) is 9.13. The van der Waals surface area contributed by atoms with Gasteiger partial charge in [0.05, 0.1) is 5.56 Å². The van der Waals surface area contributed by atoms with Gasteiger partial charge in [-0.3, -0.25) is 9.59 Å². The Morgan fingerprint density at radius 1 is 1.12 bits per heavy atom. The molecule has 0 saturated carbocycles. The van der Waals surface area contributed by atoms with Gasteiger partial charge < -0.3 is 14.5 Å². The van der Waals surface area contributed by atoms with Gasteiger partial charge in [0.25, 0.3) is 5.56 Å². The van der Waals surface area contributed by atoms with Gasteiger partial charge >= 0.3 is 6.18 Å². The highest BCUT2D eigenvalue weighted by Gasteiger charge is 2.33. The fourth-order valence-electron chi connectivity index (χ4n) is 3.53. The van der Waals surface area contributed by atoms with Crippen molar-refractivity contribution in [3.05, 3.63) is 58.8 Å². The first-order valence-corrected chi connectivity index (χ1v) is 11.0. The van der Waals surface area contributed by atoms with E-state index >= 15 is 0 Å². The average molecular weight is 469 g/mol. The number of hydrogen-bond donors (Lipinski definition) is 1. The molecule has 32 heavy (non-hydrogen) atoms. The molecule has 0 aromatic carbocycles. The summed E-state index contributed by atoms with van der Waals surface area (Å²) >= 11 is 0. The summed E-state index contributed by atoms with van der Waals surface area (Å²) in [5, 5.41) is 0.454. The van der Waals surface area contributed by atoms with Gasteiger partial charge in [-0.1, -0.05) is 0 Å². The lowest BCUT2D eigenvalue weighted by molar-refractivity contribution is -0.139. The number of pyridine rings is 2. The highest BCUT2D eigenvalue weighted by Crippen LogP contribution is 2.28. The van der Waals surface area contributed by atoms with E-state index in [2.05, 4.69) is 9.97 Å². The molecule has 4 heterocycles. The minimum atomic E-state index is -4.64. The number of amides is 1. The third-order valence-corrected chi connectivity index (χ3v) is 7.18. The number of carbonyl (C=O) groups is 1. The Balaban J connectivity index is 1.45. The minimum Gasteiger partial charge on any atom is -0.345 e. The lowest BCUT2D eigenvalue weighted by Crippen LogP contribution is -2.51. The van der Waals surface area contributed by atoms with Crippen LogP contribution in [-0.2, 0) is 27.5 Å². The lowest BCUT2D eigenvalue weighted by atomic mass is 10.2. The molecule has 13 heteroatoms. The molecule has 170 valence electrons. The first kappa shape index (κ1) is 22.0. The zero-order valence-electron chi connectivity index (χ0n) is 16.5. The summed E-state index contributed by atoms with van der Waals surface area (Å²) in [6, 6.07) is 4.68. The molecule has 4 rings (SSSR count). The van der Waals surface area contributed by atoms with E-state index in [0.717, 1.165) is 6.07 Å². The van der Waals surface area contributed by atoms with Gasteiger partial charge in [-0.25, -0.2) is 13.4 Å². The molecule has 1 amide bonds. The Labute approximate surface area is 180 Å². The van der Waals surface area contributed by atoms with Crippen LogP contribution in [0.5, 0.6) is 0 Å². The maximum Gasteiger partial charge on any atom is 0.417 e. The van der Waals surface area contributed by atoms with Crippen molar-refractivity contribution in [3.8, 4) is 0 Å². The van der Waals surface area contributed by atoms with E-state index < -0.39 is 39.8 Å². The number of H-pyrrole nitrogens is 1. The Morgan fingerprint density at radius 2 is 1.84 bits per heavy atom. The molecular weight excluding hydrogens is 451 g/mol. The van der Waals surface area contributed by atoms with E-state index in [1.807, 2.05) is 0 Å². The second kappa shape index (κ2) is 8.06. The van der Waals surface area contributed by atoms with Crippen molar-refractivity contribution in [3.63, 3.8) is 0 Å². The smallest absolute Gasteiger partial charge is 0.345 e. The highest BCUT2D eigenvalue weighted by atomic mass is 32.2. The van der Waals surface area contributed by atoms with Crippen molar-refractivity contribution in [2.24, 2.45) is 0 Å². The van der Waals surface area contributed by atoms with Crippen LogP contribution in [0.4, 0.5) is 13.2 Å². The molecule has 1 saturated heterocycles. The first-order chi connectivity index (χ1) is 15.1. The predicted octanol–water partition coefficient (Wildman–Crippen LogP) is 1.28. The van der Waals surface area contributed by atoms with E-state index in [9.17, 15) is 31.2 Å². The summed E-state index contributed by atoms with van der Waals surface area (Å²) in [6.45, 7) is -0.445. The number of halogens is 3. The van der Waals surface area contributed by atoms with E-state index in [1.165, 1.54) is 21.6 Å². The number of hydrogen-bond acceptors (Lipinski definition) is 5. The molecule has 0 unspecified atom stereocenters. The largest absolute Gasteiger partial charge is 0.417 e. The van der Waals surface area contributed by atoms with Crippen LogP contribution in [0.2, 0.25) is 0 Å². The standard InChI is InChI=1S/C19H18F3N5O4S/c20-19(21,22)13-3-4-16(28)26(11-13)12-17(29)25-6-8-27(9-7-25)32(30,31)15-10-24-18-14(15)2-1-5-23-18/h1-5,10-11H,6-9,12H2,(H,23,24). The normalized spacial score (nSPS) is 15.9. The van der Waals surface area contributed by atoms with Gasteiger partial charge in [-0.05, 0) is 18.2 Å². The fourth-order valence-corrected chi connectivity index (χ4v) is 5.10. The number of aromatic amines is 1. The number of nitrogens with zero attached hydrogens (tertiary/aromatic N) is 4. The van der Waals surface area contributed by atoms with Crippen LogP contribution in [0.25, 0.3) is 11.0 Å². The molecule has 3 aromatic heterocycles. The molecule has 0 spiro atoms. The number of alkyl halides is 3. The zero-order valence-corrected chi connectivity index (χ0v) is 17.4. The van der Waals surface area contributed by atoms with Crippen molar-refractivity contribution >= 4 is 27.0 Å².